The lowest BCUT2D eigenvalue weighted by Gasteiger charge is -2.44. The van der Waals surface area contributed by atoms with Crippen molar-refractivity contribution in [2.75, 3.05) is 32.7 Å². The molecule has 2 aliphatic heterocycles. The van der Waals surface area contributed by atoms with E-state index in [0.717, 1.165) is 67.7 Å². The highest BCUT2D eigenvalue weighted by molar-refractivity contribution is 9.10. The Morgan fingerprint density at radius 1 is 1.03 bits per heavy atom. The van der Waals surface area contributed by atoms with Crippen LogP contribution in [0.2, 0.25) is 0 Å². The van der Waals surface area contributed by atoms with Gasteiger partial charge < -0.3 is 19.9 Å². The monoisotopic (exact) mass is 593 g/mol. The third kappa shape index (κ3) is 7.73. The van der Waals surface area contributed by atoms with Gasteiger partial charge in [0.2, 0.25) is 5.91 Å². The van der Waals surface area contributed by atoms with Crippen molar-refractivity contribution in [1.82, 2.24) is 15.1 Å². The van der Waals surface area contributed by atoms with Crippen molar-refractivity contribution < 1.29 is 14.3 Å². The summed E-state index contributed by atoms with van der Waals surface area (Å²) >= 11 is 3.49. The number of benzene rings is 2. The number of carbonyl (C=O) groups is 2. The molecule has 2 aromatic rings. The van der Waals surface area contributed by atoms with Crippen molar-refractivity contribution in [2.24, 2.45) is 5.92 Å². The molecule has 5 rings (SSSR count). The molecule has 0 spiro atoms. The molecule has 0 bridgehead atoms. The number of amides is 2. The Bertz CT molecular complexity index is 1150. The first kappa shape index (κ1) is 27.9. The maximum absolute atomic E-state index is 13.4. The third-order valence-corrected chi connectivity index (χ3v) is 8.82. The van der Waals surface area contributed by atoms with E-state index in [1.54, 1.807) is 11.0 Å². The van der Waals surface area contributed by atoms with Crippen LogP contribution < -0.4 is 5.32 Å². The van der Waals surface area contributed by atoms with Gasteiger partial charge in [-0.3, -0.25) is 9.59 Å². The third-order valence-electron chi connectivity index (χ3n) is 8.33. The van der Waals surface area contributed by atoms with Gasteiger partial charge in [0, 0.05) is 11.0 Å². The van der Waals surface area contributed by atoms with Crippen LogP contribution in [0.5, 0.6) is 0 Å². The van der Waals surface area contributed by atoms with Crippen LogP contribution in [0.25, 0.3) is 6.08 Å². The van der Waals surface area contributed by atoms with Gasteiger partial charge in [-0.2, -0.15) is 0 Å². The number of morpholine rings is 1. The van der Waals surface area contributed by atoms with E-state index >= 15 is 0 Å². The second-order valence-corrected chi connectivity index (χ2v) is 12.1. The number of fused-ring (bicyclic) bond motifs is 1. The van der Waals surface area contributed by atoms with Gasteiger partial charge in [0.25, 0.3) is 5.91 Å². The number of nitrogens with one attached hydrogen (secondary N) is 1. The van der Waals surface area contributed by atoms with Crippen molar-refractivity contribution >= 4 is 33.8 Å². The molecule has 0 aromatic heterocycles. The molecule has 1 saturated carbocycles. The summed E-state index contributed by atoms with van der Waals surface area (Å²) in [4.78, 5) is 30.6. The van der Waals surface area contributed by atoms with Gasteiger partial charge in [0.1, 0.15) is 12.6 Å². The predicted octanol–water partition coefficient (Wildman–Crippen LogP) is 5.42. The van der Waals surface area contributed by atoms with Gasteiger partial charge in [-0.05, 0) is 99.8 Å². The minimum Gasteiger partial charge on any atom is -0.482 e. The molecule has 2 aromatic carbocycles. The quantitative estimate of drug-likeness (QED) is 0.311. The summed E-state index contributed by atoms with van der Waals surface area (Å²) < 4.78 is 7.13. The van der Waals surface area contributed by atoms with E-state index in [1.807, 2.05) is 24.3 Å². The minimum atomic E-state index is -0.188. The van der Waals surface area contributed by atoms with E-state index in [0.29, 0.717) is 12.3 Å². The van der Waals surface area contributed by atoms with Gasteiger partial charge in [-0.25, -0.2) is 0 Å². The number of hydrogen-bond acceptors (Lipinski definition) is 4. The molecule has 3 fully saturated rings. The summed E-state index contributed by atoms with van der Waals surface area (Å²) in [5.41, 5.74) is 2.34. The summed E-state index contributed by atoms with van der Waals surface area (Å²) in [5.74, 6) is 0.824. The van der Waals surface area contributed by atoms with Gasteiger partial charge >= 0.3 is 0 Å². The molecule has 39 heavy (non-hydrogen) atoms. The van der Waals surface area contributed by atoms with E-state index in [2.05, 4.69) is 56.5 Å². The summed E-state index contributed by atoms with van der Waals surface area (Å²) in [5, 5.41) is 3.07. The van der Waals surface area contributed by atoms with Crippen molar-refractivity contribution in [3.8, 4) is 0 Å². The Morgan fingerprint density at radius 2 is 1.82 bits per heavy atom. The largest absolute Gasteiger partial charge is 0.482 e. The van der Waals surface area contributed by atoms with Crippen molar-refractivity contribution in [1.29, 1.82) is 0 Å². The SMILES string of the molecule is O=C(CN1C(=O)/C(=C/c2cccc(Br)c2)OC2CCCCC21)NCCCN1CCC(Cc2ccccc2)CC1. The second-order valence-electron chi connectivity index (χ2n) is 11.2. The zero-order valence-corrected chi connectivity index (χ0v) is 24.3. The number of halogens is 1. The summed E-state index contributed by atoms with van der Waals surface area (Å²) in [7, 11) is 0. The zero-order valence-electron chi connectivity index (χ0n) is 22.7. The second kappa shape index (κ2) is 13.6. The molecule has 2 atom stereocenters. The fourth-order valence-electron chi connectivity index (χ4n) is 6.21. The number of piperidine rings is 1. The van der Waals surface area contributed by atoms with Crippen LogP contribution >= 0.6 is 15.9 Å². The lowest BCUT2D eigenvalue weighted by Crippen LogP contribution is -2.57. The Kier molecular flexibility index (Phi) is 9.75. The standard InChI is InChI=1S/C32H40BrN3O3/c33-27-11-6-10-26(21-27)22-30-32(38)36(28-12-4-5-13-29(28)39-30)23-31(37)34-16-7-17-35-18-14-25(15-19-35)20-24-8-2-1-3-9-24/h1-3,6,8-11,21-22,25,28-29H,4-5,7,12-20,23H2,(H,34,37)/b30-22-. The van der Waals surface area contributed by atoms with Crippen LogP contribution in [0, 0.1) is 5.92 Å². The van der Waals surface area contributed by atoms with E-state index in [9.17, 15) is 9.59 Å². The molecule has 208 valence electrons. The summed E-state index contributed by atoms with van der Waals surface area (Å²) in [6.45, 7) is 3.98. The molecule has 0 radical (unpaired) electrons. The number of hydrogen-bond donors (Lipinski definition) is 1. The van der Waals surface area contributed by atoms with E-state index in [1.165, 1.54) is 24.8 Å². The number of likely N-dealkylation sites (tertiary alicyclic amines) is 1. The van der Waals surface area contributed by atoms with Crippen molar-refractivity contribution in [3.63, 3.8) is 0 Å². The molecule has 2 saturated heterocycles. The molecule has 7 heteroatoms. The molecule has 3 aliphatic rings. The minimum absolute atomic E-state index is 0.0335. The van der Waals surface area contributed by atoms with Crippen LogP contribution in [0.15, 0.2) is 64.8 Å². The topological polar surface area (TPSA) is 61.9 Å². The highest BCUT2D eigenvalue weighted by Gasteiger charge is 2.42. The van der Waals surface area contributed by atoms with Crippen molar-refractivity contribution in [2.45, 2.75) is 63.5 Å². The fourth-order valence-corrected chi connectivity index (χ4v) is 6.63. The van der Waals surface area contributed by atoms with E-state index in [4.69, 9.17) is 4.74 Å². The van der Waals surface area contributed by atoms with Crippen LogP contribution in [-0.2, 0) is 20.7 Å². The molecule has 1 N–H and O–H groups in total. The molecule has 6 nitrogen and oxygen atoms in total. The average Bonchev–Trinajstić information content (AvgIpc) is 2.95. The molecule has 2 heterocycles. The molecular formula is C32H40BrN3O3. The Balaban J connectivity index is 1.08. The van der Waals surface area contributed by atoms with Crippen LogP contribution in [0.4, 0.5) is 0 Å². The highest BCUT2D eigenvalue weighted by atomic mass is 79.9. The Morgan fingerprint density at radius 3 is 2.62 bits per heavy atom. The maximum Gasteiger partial charge on any atom is 0.289 e. The van der Waals surface area contributed by atoms with Gasteiger partial charge in [-0.1, -0.05) is 64.8 Å². The molecule has 1 aliphatic carbocycles. The smallest absolute Gasteiger partial charge is 0.289 e. The fraction of sp³-hybridized carbons (Fsp3) is 0.500. The Labute approximate surface area is 240 Å². The van der Waals surface area contributed by atoms with E-state index in [-0.39, 0.29) is 30.5 Å². The van der Waals surface area contributed by atoms with Crippen molar-refractivity contribution in [3.05, 3.63) is 76.0 Å². The van der Waals surface area contributed by atoms with Crippen LogP contribution in [-0.4, -0.2) is 66.5 Å². The number of nitrogens with zero attached hydrogens (tertiary/aromatic N) is 2. The Hall–Kier alpha value is -2.64. The first-order valence-corrected chi connectivity index (χ1v) is 15.3. The molecule has 2 unspecified atom stereocenters. The normalized spacial score (nSPS) is 23.4. The summed E-state index contributed by atoms with van der Waals surface area (Å²) in [6.07, 6.45) is 10.3. The average molecular weight is 595 g/mol. The lowest BCUT2D eigenvalue weighted by atomic mass is 9.89. The number of carbonyl (C=O) groups excluding carboxylic acids is 2. The van der Waals surface area contributed by atoms with Gasteiger partial charge in [0.15, 0.2) is 5.76 Å². The first-order chi connectivity index (χ1) is 19.0. The predicted molar refractivity (Wildman–Crippen MR) is 158 cm³/mol. The van der Waals surface area contributed by atoms with Crippen LogP contribution in [0.3, 0.4) is 0 Å². The highest BCUT2D eigenvalue weighted by Crippen LogP contribution is 2.33. The lowest BCUT2D eigenvalue weighted by molar-refractivity contribution is -0.151. The first-order valence-electron chi connectivity index (χ1n) is 14.5. The molecule has 2 amide bonds. The van der Waals surface area contributed by atoms with Crippen LogP contribution in [0.1, 0.15) is 56.1 Å². The summed E-state index contributed by atoms with van der Waals surface area (Å²) in [6, 6.07) is 18.6. The van der Waals surface area contributed by atoms with Gasteiger partial charge in [-0.15, -0.1) is 0 Å². The molecular weight excluding hydrogens is 554 g/mol. The number of ether oxygens (including phenoxy) is 1. The van der Waals surface area contributed by atoms with Gasteiger partial charge in [0.05, 0.1) is 6.04 Å². The van der Waals surface area contributed by atoms with E-state index < -0.39 is 0 Å². The zero-order chi connectivity index (χ0) is 27.0. The number of rotatable bonds is 9. The maximum atomic E-state index is 13.4.